The molecule has 0 aliphatic carbocycles. The third-order valence-corrected chi connectivity index (χ3v) is 2.19. The Labute approximate surface area is 82.4 Å². The molecule has 2 rings (SSSR count). The largest absolute Gasteiger partial charge is 0.256 e. The van der Waals surface area contributed by atoms with Gasteiger partial charge in [0.2, 0.25) is 0 Å². The molecular weight excluding hydrogens is 178 g/mol. The lowest BCUT2D eigenvalue weighted by Crippen LogP contribution is -1.88. The molecule has 1 nitrogen and oxygen atoms in total. The zero-order chi connectivity index (χ0) is 9.10. The van der Waals surface area contributed by atoms with Crippen LogP contribution in [0.15, 0.2) is 36.5 Å². The Morgan fingerprint density at radius 3 is 2.92 bits per heavy atom. The van der Waals surface area contributed by atoms with Crippen LogP contribution in [-0.4, -0.2) is 10.4 Å². The molecule has 0 N–H and O–H groups in total. The first kappa shape index (κ1) is 8.32. The SMILES string of the molecule is S=CCc1cccc2cccnc12. The number of rotatable bonds is 2. The van der Waals surface area contributed by atoms with Gasteiger partial charge in [0.1, 0.15) is 0 Å². The number of pyridine rings is 1. The average Bonchev–Trinajstić information content (AvgIpc) is 2.19. The summed E-state index contributed by atoms with van der Waals surface area (Å²) >= 11 is 4.84. The molecular formula is C11H9NS. The van der Waals surface area contributed by atoms with E-state index in [1.165, 1.54) is 10.9 Å². The van der Waals surface area contributed by atoms with Crippen molar-refractivity contribution in [1.82, 2.24) is 4.98 Å². The number of para-hydroxylation sites is 1. The fourth-order valence-corrected chi connectivity index (χ4v) is 1.60. The maximum absolute atomic E-state index is 4.84. The van der Waals surface area contributed by atoms with Crippen LogP contribution in [0.4, 0.5) is 0 Å². The molecule has 0 bridgehead atoms. The summed E-state index contributed by atoms with van der Waals surface area (Å²) in [7, 11) is 0. The lowest BCUT2D eigenvalue weighted by molar-refractivity contribution is 1.33. The molecule has 0 unspecified atom stereocenters. The molecule has 0 radical (unpaired) electrons. The van der Waals surface area contributed by atoms with Gasteiger partial charge in [-0.2, -0.15) is 0 Å². The van der Waals surface area contributed by atoms with Crippen molar-refractivity contribution in [3.05, 3.63) is 42.1 Å². The van der Waals surface area contributed by atoms with E-state index in [0.717, 1.165) is 11.9 Å². The first-order valence-electron chi connectivity index (χ1n) is 4.18. The van der Waals surface area contributed by atoms with Gasteiger partial charge >= 0.3 is 0 Å². The second-order valence-electron chi connectivity index (χ2n) is 2.86. The predicted octanol–water partition coefficient (Wildman–Crippen LogP) is 2.78. The summed E-state index contributed by atoms with van der Waals surface area (Å²) in [5, 5.41) is 2.92. The van der Waals surface area contributed by atoms with E-state index in [0.29, 0.717) is 0 Å². The van der Waals surface area contributed by atoms with Crippen LogP contribution in [0.25, 0.3) is 10.9 Å². The van der Waals surface area contributed by atoms with Gasteiger partial charge in [-0.05, 0) is 17.0 Å². The highest BCUT2D eigenvalue weighted by Gasteiger charge is 1.98. The van der Waals surface area contributed by atoms with Crippen molar-refractivity contribution in [3.63, 3.8) is 0 Å². The van der Waals surface area contributed by atoms with E-state index in [2.05, 4.69) is 23.2 Å². The Bertz CT molecular complexity index is 432. The lowest BCUT2D eigenvalue weighted by atomic mass is 10.1. The molecule has 0 amide bonds. The highest BCUT2D eigenvalue weighted by atomic mass is 32.1. The van der Waals surface area contributed by atoms with Crippen molar-refractivity contribution < 1.29 is 0 Å². The van der Waals surface area contributed by atoms with E-state index >= 15 is 0 Å². The van der Waals surface area contributed by atoms with E-state index in [9.17, 15) is 0 Å². The Morgan fingerprint density at radius 1 is 1.23 bits per heavy atom. The van der Waals surface area contributed by atoms with E-state index < -0.39 is 0 Å². The van der Waals surface area contributed by atoms with Gasteiger partial charge in [0.25, 0.3) is 0 Å². The molecule has 2 aromatic rings. The molecule has 0 saturated carbocycles. The second-order valence-corrected chi connectivity index (χ2v) is 3.20. The number of hydrogen-bond donors (Lipinski definition) is 0. The monoisotopic (exact) mass is 187 g/mol. The molecule has 2 heteroatoms. The Balaban J connectivity index is 2.68. The van der Waals surface area contributed by atoms with Gasteiger partial charge in [0.05, 0.1) is 5.52 Å². The van der Waals surface area contributed by atoms with Gasteiger partial charge in [-0.1, -0.05) is 36.5 Å². The van der Waals surface area contributed by atoms with E-state index in [-0.39, 0.29) is 0 Å². The molecule has 0 fully saturated rings. The van der Waals surface area contributed by atoms with Gasteiger partial charge in [0.15, 0.2) is 0 Å². The van der Waals surface area contributed by atoms with Gasteiger partial charge in [0, 0.05) is 18.0 Å². The zero-order valence-electron chi connectivity index (χ0n) is 7.10. The number of thiocarbonyl (C=S) groups is 1. The summed E-state index contributed by atoms with van der Waals surface area (Å²) in [4.78, 5) is 4.33. The third kappa shape index (κ3) is 1.58. The third-order valence-electron chi connectivity index (χ3n) is 2.02. The first-order chi connectivity index (χ1) is 6.42. The van der Waals surface area contributed by atoms with Crippen LogP contribution in [-0.2, 0) is 6.42 Å². The van der Waals surface area contributed by atoms with Crippen LogP contribution < -0.4 is 0 Å². The molecule has 13 heavy (non-hydrogen) atoms. The summed E-state index contributed by atoms with van der Waals surface area (Å²) in [6, 6.07) is 10.2. The average molecular weight is 187 g/mol. The number of fused-ring (bicyclic) bond motifs is 1. The van der Waals surface area contributed by atoms with Crippen molar-refractivity contribution in [2.45, 2.75) is 6.42 Å². The summed E-state index contributed by atoms with van der Waals surface area (Å²) in [5.41, 5.74) is 2.26. The molecule has 1 heterocycles. The molecule has 1 aromatic carbocycles. The highest BCUT2D eigenvalue weighted by molar-refractivity contribution is 7.79. The second kappa shape index (κ2) is 3.62. The molecule has 0 saturated heterocycles. The quantitative estimate of drug-likeness (QED) is 0.670. The minimum Gasteiger partial charge on any atom is -0.256 e. The van der Waals surface area contributed by atoms with Crippen LogP contribution in [0.1, 0.15) is 5.56 Å². The number of benzene rings is 1. The lowest BCUT2D eigenvalue weighted by Gasteiger charge is -2.01. The first-order valence-corrected chi connectivity index (χ1v) is 4.65. The van der Waals surface area contributed by atoms with Crippen LogP contribution in [0, 0.1) is 0 Å². The summed E-state index contributed by atoms with van der Waals surface area (Å²) in [6.45, 7) is 0. The van der Waals surface area contributed by atoms with Gasteiger partial charge < -0.3 is 0 Å². The molecule has 0 spiro atoms. The maximum Gasteiger partial charge on any atom is 0.0737 e. The van der Waals surface area contributed by atoms with Crippen molar-refractivity contribution in [2.75, 3.05) is 0 Å². The molecule has 0 aliphatic heterocycles. The van der Waals surface area contributed by atoms with E-state index in [1.54, 1.807) is 5.37 Å². The predicted molar refractivity (Wildman–Crippen MR) is 59.1 cm³/mol. The van der Waals surface area contributed by atoms with Crippen molar-refractivity contribution >= 4 is 28.5 Å². The van der Waals surface area contributed by atoms with E-state index in [1.807, 2.05) is 18.3 Å². The molecule has 0 aliphatic rings. The molecule has 64 valence electrons. The van der Waals surface area contributed by atoms with Gasteiger partial charge in [-0.25, -0.2) is 0 Å². The number of hydrogen-bond acceptors (Lipinski definition) is 2. The highest BCUT2D eigenvalue weighted by Crippen LogP contribution is 2.15. The number of aromatic nitrogens is 1. The zero-order valence-corrected chi connectivity index (χ0v) is 7.92. The minimum absolute atomic E-state index is 0.809. The van der Waals surface area contributed by atoms with Gasteiger partial charge in [-0.15, -0.1) is 0 Å². The number of nitrogens with zero attached hydrogens (tertiary/aromatic N) is 1. The fourth-order valence-electron chi connectivity index (χ4n) is 1.42. The Kier molecular flexibility index (Phi) is 2.32. The van der Waals surface area contributed by atoms with Crippen LogP contribution in [0.2, 0.25) is 0 Å². The smallest absolute Gasteiger partial charge is 0.0737 e. The normalized spacial score (nSPS) is 10.2. The van der Waals surface area contributed by atoms with Crippen molar-refractivity contribution in [1.29, 1.82) is 0 Å². The maximum atomic E-state index is 4.84. The van der Waals surface area contributed by atoms with Crippen molar-refractivity contribution in [3.8, 4) is 0 Å². The Hall–Kier alpha value is -1.28. The Morgan fingerprint density at radius 2 is 2.08 bits per heavy atom. The van der Waals surface area contributed by atoms with E-state index in [4.69, 9.17) is 12.2 Å². The summed E-state index contributed by atoms with van der Waals surface area (Å²) in [5.74, 6) is 0. The van der Waals surface area contributed by atoms with Crippen LogP contribution in [0.3, 0.4) is 0 Å². The van der Waals surface area contributed by atoms with Crippen LogP contribution >= 0.6 is 12.2 Å². The van der Waals surface area contributed by atoms with Gasteiger partial charge in [-0.3, -0.25) is 4.98 Å². The summed E-state index contributed by atoms with van der Waals surface area (Å²) < 4.78 is 0. The topological polar surface area (TPSA) is 12.9 Å². The van der Waals surface area contributed by atoms with Crippen LogP contribution in [0.5, 0.6) is 0 Å². The molecule has 0 atom stereocenters. The van der Waals surface area contributed by atoms with Crippen molar-refractivity contribution in [2.24, 2.45) is 0 Å². The fraction of sp³-hybridized carbons (Fsp3) is 0.0909. The summed E-state index contributed by atoms with van der Waals surface area (Å²) in [6.07, 6.45) is 2.62. The minimum atomic E-state index is 0.809. The molecule has 1 aromatic heterocycles. The standard InChI is InChI=1S/C11H9NS/c13-8-6-10-4-1-3-9-5-2-7-12-11(9)10/h1-5,7-8H,6H2.